The first kappa shape index (κ1) is 23.9. The Hall–Kier alpha value is -4.81. The fourth-order valence-corrected chi connectivity index (χ4v) is 3.87. The third-order valence-corrected chi connectivity index (χ3v) is 5.66. The Balaban J connectivity index is 1.44. The number of fused-ring (bicyclic) bond motifs is 1. The van der Waals surface area contributed by atoms with Crippen molar-refractivity contribution in [1.29, 1.82) is 0 Å². The van der Waals surface area contributed by atoms with Gasteiger partial charge in [-0.2, -0.15) is 23.4 Å². The third kappa shape index (κ3) is 4.70. The van der Waals surface area contributed by atoms with Crippen LogP contribution in [0.1, 0.15) is 27.2 Å². The van der Waals surface area contributed by atoms with Crippen LogP contribution in [0.3, 0.4) is 0 Å². The number of aromatic nitrogens is 6. The number of hydrogen-bond acceptors (Lipinski definition) is 6. The minimum atomic E-state index is -4.70. The van der Waals surface area contributed by atoms with Crippen molar-refractivity contribution in [3.8, 4) is 11.3 Å². The number of halogens is 4. The maximum Gasteiger partial charge on any atom is 0.418 e. The predicted molar refractivity (Wildman–Crippen MR) is 126 cm³/mol. The number of alkyl halides is 3. The first-order chi connectivity index (χ1) is 17.6. The van der Waals surface area contributed by atoms with Gasteiger partial charge in [-0.25, -0.2) is 13.9 Å². The lowest BCUT2D eigenvalue weighted by molar-refractivity contribution is -0.136. The molecule has 4 aromatic heterocycles. The number of nitrogens with one attached hydrogen (secondary N) is 1. The lowest BCUT2D eigenvalue weighted by atomic mass is 10.1. The molecule has 0 unspecified atom stereocenters. The van der Waals surface area contributed by atoms with Crippen LogP contribution in [0.4, 0.5) is 29.2 Å². The van der Waals surface area contributed by atoms with E-state index in [0.29, 0.717) is 12.2 Å². The fraction of sp³-hybridized carbons (Fsp3) is 0.125. The van der Waals surface area contributed by atoms with Crippen LogP contribution >= 0.6 is 0 Å². The van der Waals surface area contributed by atoms with E-state index in [2.05, 4.69) is 25.5 Å². The van der Waals surface area contributed by atoms with Gasteiger partial charge in [0.1, 0.15) is 17.7 Å². The highest BCUT2D eigenvalue weighted by Gasteiger charge is 2.36. The lowest BCUT2D eigenvalue weighted by Crippen LogP contribution is -2.15. The standard InChI is InChI=1S/C24H18F4N8O/c1-13-17(23(37)33-20-6-7-35(34-20)11-14-2-4-16(25)5-3-14)8-15(10-30-13)19-9-18(24(26,27)28)21-22(29)31-12-32-36(19)21/h2-10,12H,11H2,1H3,(H2,29,31,32)(H,33,34,37). The number of hydrogen-bond donors (Lipinski definition) is 2. The zero-order valence-corrected chi connectivity index (χ0v) is 19.2. The third-order valence-electron chi connectivity index (χ3n) is 5.66. The zero-order valence-electron chi connectivity index (χ0n) is 19.2. The summed E-state index contributed by atoms with van der Waals surface area (Å²) in [6.07, 6.45) is -0.656. The van der Waals surface area contributed by atoms with Crippen molar-refractivity contribution < 1.29 is 22.4 Å². The molecule has 188 valence electrons. The van der Waals surface area contributed by atoms with E-state index < -0.39 is 17.6 Å². The van der Waals surface area contributed by atoms with E-state index >= 15 is 0 Å². The van der Waals surface area contributed by atoms with E-state index in [1.807, 2.05) is 0 Å². The van der Waals surface area contributed by atoms with Crippen LogP contribution in [-0.4, -0.2) is 35.3 Å². The van der Waals surface area contributed by atoms with Crippen molar-refractivity contribution >= 4 is 23.1 Å². The van der Waals surface area contributed by atoms with Crippen LogP contribution in [0, 0.1) is 12.7 Å². The van der Waals surface area contributed by atoms with E-state index in [1.165, 1.54) is 24.4 Å². The summed E-state index contributed by atoms with van der Waals surface area (Å²) in [5, 5.41) is 10.9. The van der Waals surface area contributed by atoms with Gasteiger partial charge in [0.2, 0.25) is 0 Å². The Labute approximate surface area is 206 Å². The molecule has 0 saturated carbocycles. The van der Waals surface area contributed by atoms with E-state index in [1.54, 1.807) is 36.0 Å². The van der Waals surface area contributed by atoms with Gasteiger partial charge in [0.25, 0.3) is 5.91 Å². The predicted octanol–water partition coefficient (Wildman–Crippen LogP) is 4.34. The molecule has 0 radical (unpaired) electrons. The van der Waals surface area contributed by atoms with Crippen LogP contribution in [0.25, 0.3) is 16.8 Å². The van der Waals surface area contributed by atoms with Crippen molar-refractivity contribution in [1.82, 2.24) is 29.4 Å². The van der Waals surface area contributed by atoms with Crippen molar-refractivity contribution in [2.24, 2.45) is 0 Å². The zero-order chi connectivity index (χ0) is 26.3. The minimum absolute atomic E-state index is 0.0431. The summed E-state index contributed by atoms with van der Waals surface area (Å²) in [6.45, 7) is 1.96. The summed E-state index contributed by atoms with van der Waals surface area (Å²) in [4.78, 5) is 20.9. The molecule has 0 aliphatic rings. The molecule has 1 amide bonds. The number of pyridine rings is 1. The number of carbonyl (C=O) groups is 1. The Bertz CT molecular complexity index is 1620. The van der Waals surface area contributed by atoms with Crippen molar-refractivity contribution in [3.63, 3.8) is 0 Å². The minimum Gasteiger partial charge on any atom is -0.382 e. The molecule has 0 saturated heterocycles. The van der Waals surface area contributed by atoms with Gasteiger partial charge in [-0.05, 0) is 36.8 Å². The fourth-order valence-electron chi connectivity index (χ4n) is 3.87. The van der Waals surface area contributed by atoms with Crippen LogP contribution < -0.4 is 11.1 Å². The largest absolute Gasteiger partial charge is 0.418 e. The van der Waals surface area contributed by atoms with Crippen molar-refractivity contribution in [3.05, 3.63) is 89.4 Å². The average Bonchev–Trinajstić information content (AvgIpc) is 3.46. The normalized spacial score (nSPS) is 11.7. The maximum absolute atomic E-state index is 13.7. The first-order valence-electron chi connectivity index (χ1n) is 10.9. The molecule has 0 fully saturated rings. The molecule has 0 aliphatic carbocycles. The van der Waals surface area contributed by atoms with E-state index in [9.17, 15) is 22.4 Å². The monoisotopic (exact) mass is 510 g/mol. The van der Waals surface area contributed by atoms with Crippen LogP contribution in [0.2, 0.25) is 0 Å². The number of amides is 1. The maximum atomic E-state index is 13.7. The molecular weight excluding hydrogens is 492 g/mol. The number of aryl methyl sites for hydroxylation is 1. The molecule has 3 N–H and O–H groups in total. The van der Waals surface area contributed by atoms with Gasteiger partial charge in [0, 0.05) is 24.0 Å². The molecule has 9 nitrogen and oxygen atoms in total. The van der Waals surface area contributed by atoms with Crippen molar-refractivity contribution in [2.45, 2.75) is 19.6 Å². The first-order valence-corrected chi connectivity index (χ1v) is 10.9. The van der Waals surface area contributed by atoms with E-state index in [0.717, 1.165) is 22.5 Å². The Morgan fingerprint density at radius 3 is 2.59 bits per heavy atom. The Kier molecular flexibility index (Phi) is 5.82. The summed E-state index contributed by atoms with van der Waals surface area (Å²) in [7, 11) is 0. The van der Waals surface area contributed by atoms with Gasteiger partial charge in [0.05, 0.1) is 29.1 Å². The lowest BCUT2D eigenvalue weighted by Gasteiger charge is -2.08. The van der Waals surface area contributed by atoms with Gasteiger partial charge in [-0.1, -0.05) is 12.1 Å². The number of benzene rings is 1. The van der Waals surface area contributed by atoms with Crippen LogP contribution in [0.5, 0.6) is 0 Å². The average molecular weight is 510 g/mol. The number of nitrogen functional groups attached to an aromatic ring is 1. The number of carbonyl (C=O) groups excluding carboxylic acids is 1. The molecule has 4 heterocycles. The van der Waals surface area contributed by atoms with Gasteiger partial charge in [-0.3, -0.25) is 14.5 Å². The molecule has 37 heavy (non-hydrogen) atoms. The highest BCUT2D eigenvalue weighted by atomic mass is 19.4. The van der Waals surface area contributed by atoms with Gasteiger partial charge < -0.3 is 11.1 Å². The molecular formula is C24H18F4N8O. The quantitative estimate of drug-likeness (QED) is 0.340. The molecule has 0 bridgehead atoms. The molecule has 5 rings (SSSR count). The van der Waals surface area contributed by atoms with Gasteiger partial charge in [-0.15, -0.1) is 0 Å². The summed E-state index contributed by atoms with van der Waals surface area (Å²) in [6, 6.07) is 9.85. The Morgan fingerprint density at radius 2 is 1.86 bits per heavy atom. The topological polar surface area (TPSA) is 116 Å². The molecule has 5 aromatic rings. The highest BCUT2D eigenvalue weighted by molar-refractivity contribution is 6.05. The van der Waals surface area contributed by atoms with Gasteiger partial charge >= 0.3 is 6.18 Å². The Morgan fingerprint density at radius 1 is 1.11 bits per heavy atom. The SMILES string of the molecule is Cc1ncc(-c2cc(C(F)(F)F)c3c(N)ncnn23)cc1C(=O)Nc1ccn(Cc2ccc(F)cc2)n1. The smallest absolute Gasteiger partial charge is 0.382 e. The van der Waals surface area contributed by atoms with Crippen LogP contribution in [-0.2, 0) is 12.7 Å². The number of rotatable bonds is 5. The molecule has 0 spiro atoms. The highest BCUT2D eigenvalue weighted by Crippen LogP contribution is 2.38. The second-order valence-electron chi connectivity index (χ2n) is 8.18. The summed E-state index contributed by atoms with van der Waals surface area (Å²) in [5.41, 5.74) is 5.90. The van der Waals surface area contributed by atoms with Gasteiger partial charge in [0.15, 0.2) is 11.6 Å². The summed E-state index contributed by atoms with van der Waals surface area (Å²) in [5.74, 6) is -0.972. The summed E-state index contributed by atoms with van der Waals surface area (Å²) >= 11 is 0. The number of nitrogens with two attached hydrogens (primary N) is 1. The van der Waals surface area contributed by atoms with Crippen molar-refractivity contribution in [2.75, 3.05) is 11.1 Å². The number of nitrogens with zero attached hydrogens (tertiary/aromatic N) is 6. The van der Waals surface area contributed by atoms with Crippen LogP contribution in [0.15, 0.2) is 61.2 Å². The molecule has 0 atom stereocenters. The molecule has 0 aliphatic heterocycles. The van der Waals surface area contributed by atoms with E-state index in [4.69, 9.17) is 5.73 Å². The number of anilines is 2. The van der Waals surface area contributed by atoms with E-state index in [-0.39, 0.29) is 39.8 Å². The summed E-state index contributed by atoms with van der Waals surface area (Å²) < 4.78 is 56.7. The molecule has 1 aromatic carbocycles. The second kappa shape index (κ2) is 9.00. The molecule has 13 heteroatoms. The second-order valence-corrected chi connectivity index (χ2v) is 8.18.